The van der Waals surface area contributed by atoms with Crippen LogP contribution in [0.3, 0.4) is 0 Å². The lowest BCUT2D eigenvalue weighted by molar-refractivity contribution is -0.160. The molecular formula is C25H29F3N2O2. The molecule has 2 amide bonds. The summed E-state index contributed by atoms with van der Waals surface area (Å²) in [5.41, 5.74) is -0.558. The van der Waals surface area contributed by atoms with Crippen LogP contribution in [-0.4, -0.2) is 47.8 Å². The van der Waals surface area contributed by atoms with Gasteiger partial charge in [-0.15, -0.1) is 0 Å². The van der Waals surface area contributed by atoms with Crippen molar-refractivity contribution in [2.24, 2.45) is 23.2 Å². The average Bonchev–Trinajstić information content (AvgIpc) is 2.76. The van der Waals surface area contributed by atoms with Gasteiger partial charge in [-0.2, -0.15) is 13.2 Å². The predicted octanol–water partition coefficient (Wildman–Crippen LogP) is 4.61. The van der Waals surface area contributed by atoms with Crippen LogP contribution in [0.1, 0.15) is 49.7 Å². The number of halogens is 3. The third-order valence-corrected chi connectivity index (χ3v) is 8.00. The zero-order valence-corrected chi connectivity index (χ0v) is 18.1. The third kappa shape index (κ3) is 4.06. The minimum Gasteiger partial charge on any atom is -0.339 e. The summed E-state index contributed by atoms with van der Waals surface area (Å²) in [6, 6.07) is 4.92. The zero-order chi connectivity index (χ0) is 22.5. The van der Waals surface area contributed by atoms with Crippen LogP contribution >= 0.6 is 0 Å². The Hall–Kier alpha value is -2.31. The average molecular weight is 447 g/mol. The minimum absolute atomic E-state index is 0.162. The molecule has 0 atom stereocenters. The number of nitrogens with zero attached hydrogens (tertiary/aromatic N) is 2. The van der Waals surface area contributed by atoms with Crippen LogP contribution in [0, 0.1) is 23.2 Å². The van der Waals surface area contributed by atoms with Gasteiger partial charge in [-0.1, -0.05) is 12.1 Å². The highest BCUT2D eigenvalue weighted by molar-refractivity contribution is 5.92. The molecule has 4 saturated carbocycles. The van der Waals surface area contributed by atoms with E-state index in [9.17, 15) is 22.8 Å². The molecule has 4 bridgehead atoms. The van der Waals surface area contributed by atoms with E-state index in [0.717, 1.165) is 31.4 Å². The largest absolute Gasteiger partial charge is 0.416 e. The van der Waals surface area contributed by atoms with Crippen molar-refractivity contribution in [2.45, 2.75) is 44.7 Å². The second-order valence-corrected chi connectivity index (χ2v) is 10.3. The molecule has 7 heteroatoms. The molecule has 4 aliphatic carbocycles. The number of benzene rings is 1. The highest BCUT2D eigenvalue weighted by atomic mass is 19.4. The molecule has 1 heterocycles. The molecule has 4 nitrogen and oxygen atoms in total. The number of carbonyl (C=O) groups is 2. The molecule has 0 radical (unpaired) electrons. The van der Waals surface area contributed by atoms with Gasteiger partial charge < -0.3 is 9.80 Å². The first-order valence-corrected chi connectivity index (χ1v) is 11.7. The van der Waals surface area contributed by atoms with Gasteiger partial charge >= 0.3 is 6.18 Å². The quantitative estimate of drug-likeness (QED) is 0.637. The third-order valence-electron chi connectivity index (χ3n) is 8.00. The van der Waals surface area contributed by atoms with Crippen molar-refractivity contribution >= 4 is 17.9 Å². The van der Waals surface area contributed by atoms with Crippen LogP contribution in [0.15, 0.2) is 30.3 Å². The Morgan fingerprint density at radius 2 is 1.47 bits per heavy atom. The summed E-state index contributed by atoms with van der Waals surface area (Å²) in [6.07, 6.45) is 5.35. The molecule has 1 aromatic rings. The van der Waals surface area contributed by atoms with Crippen molar-refractivity contribution < 1.29 is 22.8 Å². The highest BCUT2D eigenvalue weighted by Gasteiger charge is 2.55. The normalized spacial score (nSPS) is 32.0. The van der Waals surface area contributed by atoms with E-state index in [2.05, 4.69) is 0 Å². The van der Waals surface area contributed by atoms with Gasteiger partial charge in [0.15, 0.2) is 0 Å². The van der Waals surface area contributed by atoms with Crippen LogP contribution in [0.4, 0.5) is 13.2 Å². The van der Waals surface area contributed by atoms with Crippen LogP contribution in [0.25, 0.3) is 6.08 Å². The lowest BCUT2D eigenvalue weighted by Gasteiger charge is -2.57. The number of hydrogen-bond donors (Lipinski definition) is 0. The Balaban J connectivity index is 1.18. The number of piperazine rings is 1. The van der Waals surface area contributed by atoms with E-state index < -0.39 is 11.7 Å². The summed E-state index contributed by atoms with van der Waals surface area (Å²) >= 11 is 0. The summed E-state index contributed by atoms with van der Waals surface area (Å²) in [6.45, 7) is 1.99. The van der Waals surface area contributed by atoms with Crippen LogP contribution in [0.2, 0.25) is 0 Å². The molecule has 1 aromatic carbocycles. The fourth-order valence-corrected chi connectivity index (χ4v) is 6.93. The maximum Gasteiger partial charge on any atom is 0.416 e. The second kappa shape index (κ2) is 7.92. The van der Waals surface area contributed by atoms with E-state index in [-0.39, 0.29) is 11.3 Å². The molecule has 0 spiro atoms. The zero-order valence-electron chi connectivity index (χ0n) is 18.1. The molecule has 5 fully saturated rings. The highest BCUT2D eigenvalue weighted by Crippen LogP contribution is 2.60. The van der Waals surface area contributed by atoms with Crippen molar-refractivity contribution in [1.29, 1.82) is 0 Å². The molecule has 1 aliphatic heterocycles. The lowest BCUT2D eigenvalue weighted by atomic mass is 9.49. The summed E-state index contributed by atoms with van der Waals surface area (Å²) in [5.74, 6) is 2.21. The van der Waals surface area contributed by atoms with Crippen molar-refractivity contribution in [3.8, 4) is 0 Å². The molecular weight excluding hydrogens is 417 g/mol. The van der Waals surface area contributed by atoms with E-state index in [1.807, 2.05) is 4.90 Å². The molecule has 0 aromatic heterocycles. The van der Waals surface area contributed by atoms with E-state index >= 15 is 0 Å². The Kier molecular flexibility index (Phi) is 5.33. The van der Waals surface area contributed by atoms with Gasteiger partial charge in [0, 0.05) is 32.3 Å². The van der Waals surface area contributed by atoms with Gasteiger partial charge in [-0.25, -0.2) is 0 Å². The number of alkyl halides is 3. The fraction of sp³-hybridized carbons (Fsp3) is 0.600. The summed E-state index contributed by atoms with van der Waals surface area (Å²) in [4.78, 5) is 29.7. The predicted molar refractivity (Wildman–Crippen MR) is 114 cm³/mol. The Morgan fingerprint density at radius 1 is 0.906 bits per heavy atom. The molecule has 32 heavy (non-hydrogen) atoms. The van der Waals surface area contributed by atoms with E-state index in [1.165, 1.54) is 37.5 Å². The maximum atomic E-state index is 13.5. The lowest BCUT2D eigenvalue weighted by Crippen LogP contribution is -2.58. The van der Waals surface area contributed by atoms with Crippen LogP contribution < -0.4 is 0 Å². The number of rotatable bonds is 3. The minimum atomic E-state index is -4.41. The first-order chi connectivity index (χ1) is 15.2. The Morgan fingerprint density at radius 3 is 2.03 bits per heavy atom. The summed E-state index contributed by atoms with van der Waals surface area (Å²) in [7, 11) is 0. The van der Waals surface area contributed by atoms with Crippen molar-refractivity contribution in [2.75, 3.05) is 26.2 Å². The first kappa shape index (κ1) is 21.5. The molecule has 172 valence electrons. The molecule has 1 saturated heterocycles. The van der Waals surface area contributed by atoms with Crippen molar-refractivity contribution in [3.63, 3.8) is 0 Å². The van der Waals surface area contributed by atoms with Crippen molar-refractivity contribution in [1.82, 2.24) is 9.80 Å². The Bertz CT molecular complexity index is 896. The van der Waals surface area contributed by atoms with Gasteiger partial charge in [-0.3, -0.25) is 9.59 Å². The first-order valence-electron chi connectivity index (χ1n) is 11.7. The SMILES string of the molecule is O=C(/C=C/c1cccc(C(F)(F)F)c1)N1CCN(C(=O)C23CC4CC(CC(C4)C2)C3)CC1. The molecule has 0 N–H and O–H groups in total. The molecule has 6 rings (SSSR count). The standard InChI is InChI=1S/C25H29F3N2O2/c26-25(27,28)21-3-1-2-17(13-21)4-5-22(31)29-6-8-30(9-7-29)23(32)24-14-18-10-19(15-24)12-20(11-18)16-24/h1-5,13,18-20H,6-12,14-16H2/b5-4+. The van der Waals surface area contributed by atoms with Crippen molar-refractivity contribution in [3.05, 3.63) is 41.5 Å². The monoisotopic (exact) mass is 446 g/mol. The van der Waals surface area contributed by atoms with Crippen LogP contribution in [0.5, 0.6) is 0 Å². The number of hydrogen-bond acceptors (Lipinski definition) is 2. The van der Waals surface area contributed by atoms with E-state index in [1.54, 1.807) is 11.0 Å². The maximum absolute atomic E-state index is 13.5. The van der Waals surface area contributed by atoms with Gasteiger partial charge in [0.1, 0.15) is 0 Å². The van der Waals surface area contributed by atoms with E-state index in [0.29, 0.717) is 55.4 Å². The van der Waals surface area contributed by atoms with Gasteiger partial charge in [0.2, 0.25) is 11.8 Å². The van der Waals surface area contributed by atoms with Gasteiger partial charge in [0.25, 0.3) is 0 Å². The topological polar surface area (TPSA) is 40.6 Å². The molecule has 5 aliphatic rings. The smallest absolute Gasteiger partial charge is 0.339 e. The van der Waals surface area contributed by atoms with Gasteiger partial charge in [0.05, 0.1) is 11.0 Å². The van der Waals surface area contributed by atoms with Crippen LogP contribution in [-0.2, 0) is 15.8 Å². The number of amides is 2. The Labute approximate surface area is 186 Å². The fourth-order valence-electron chi connectivity index (χ4n) is 6.93. The summed E-state index contributed by atoms with van der Waals surface area (Å²) < 4.78 is 38.6. The number of carbonyl (C=O) groups excluding carboxylic acids is 2. The second-order valence-electron chi connectivity index (χ2n) is 10.3. The summed E-state index contributed by atoms with van der Waals surface area (Å²) in [5, 5.41) is 0. The van der Waals surface area contributed by atoms with Gasteiger partial charge in [-0.05, 0) is 80.1 Å². The van der Waals surface area contributed by atoms with E-state index in [4.69, 9.17) is 0 Å². The molecule has 0 unspecified atom stereocenters.